The van der Waals surface area contributed by atoms with Crippen molar-refractivity contribution < 1.29 is 8.42 Å². The molecular weight excluding hydrogens is 152 g/mol. The van der Waals surface area contributed by atoms with Crippen LogP contribution in [0.1, 0.15) is 0 Å². The van der Waals surface area contributed by atoms with Gasteiger partial charge in [-0.25, -0.2) is 13.1 Å². The smallest absolute Gasteiger partial charge is 0.227 e. The van der Waals surface area contributed by atoms with Gasteiger partial charge >= 0.3 is 0 Å². The van der Waals surface area contributed by atoms with E-state index in [0.29, 0.717) is 0 Å². The summed E-state index contributed by atoms with van der Waals surface area (Å²) in [6.07, 6.45) is 0. The molecule has 0 amide bonds. The second-order valence-electron chi connectivity index (χ2n) is 2.17. The molecule has 4 nitrogen and oxygen atoms in total. The highest BCUT2D eigenvalue weighted by atomic mass is 32.2. The molecule has 0 aliphatic heterocycles. The highest BCUT2D eigenvalue weighted by Crippen LogP contribution is 1.98. The summed E-state index contributed by atoms with van der Waals surface area (Å²) in [5, 5.41) is -0.725. The fraction of sp³-hybridized carbons (Fsp3) is 0.800. The van der Waals surface area contributed by atoms with Crippen molar-refractivity contribution >= 4 is 10.0 Å². The van der Waals surface area contributed by atoms with Crippen LogP contribution in [-0.4, -0.2) is 39.8 Å². The Morgan fingerprint density at radius 2 is 1.90 bits per heavy atom. The van der Waals surface area contributed by atoms with E-state index in [1.54, 1.807) is 14.1 Å². The molecule has 1 atom stereocenters. The Bertz CT molecular complexity index is 186. The van der Waals surface area contributed by atoms with Crippen LogP contribution in [0.4, 0.5) is 0 Å². The van der Waals surface area contributed by atoms with Crippen LogP contribution in [-0.2, 0) is 10.0 Å². The first-order chi connectivity index (χ1) is 4.41. The van der Waals surface area contributed by atoms with Gasteiger partial charge in [0.05, 0.1) is 0 Å². The summed E-state index contributed by atoms with van der Waals surface area (Å²) in [7, 11) is 1.46. The summed E-state index contributed by atoms with van der Waals surface area (Å²) < 4.78 is 24.0. The molecule has 0 aromatic rings. The molecule has 0 rings (SSSR count). The second-order valence-corrected chi connectivity index (χ2v) is 4.21. The van der Waals surface area contributed by atoms with E-state index in [4.69, 9.17) is 0 Å². The van der Waals surface area contributed by atoms with Crippen LogP contribution >= 0.6 is 0 Å². The maximum atomic E-state index is 10.9. The van der Waals surface area contributed by atoms with Crippen molar-refractivity contribution in [2.45, 2.75) is 5.37 Å². The second kappa shape index (κ2) is 3.32. The molecule has 0 aliphatic carbocycles. The fourth-order valence-electron chi connectivity index (χ4n) is 0.414. The van der Waals surface area contributed by atoms with Crippen LogP contribution in [0.5, 0.6) is 0 Å². The van der Waals surface area contributed by atoms with Gasteiger partial charge in [0.15, 0.2) is 0 Å². The summed E-state index contributed by atoms with van der Waals surface area (Å²) in [4.78, 5) is 1.52. The largest absolute Gasteiger partial charge is 0.292 e. The van der Waals surface area contributed by atoms with E-state index in [1.165, 1.54) is 11.9 Å². The molecule has 0 saturated heterocycles. The van der Waals surface area contributed by atoms with E-state index < -0.39 is 15.4 Å². The lowest BCUT2D eigenvalue weighted by molar-refractivity contribution is 0.401. The summed E-state index contributed by atoms with van der Waals surface area (Å²) >= 11 is 0. The van der Waals surface area contributed by atoms with Crippen LogP contribution < -0.4 is 4.72 Å². The van der Waals surface area contributed by atoms with Gasteiger partial charge in [-0.05, 0) is 28.1 Å². The van der Waals surface area contributed by atoms with Gasteiger partial charge in [0.1, 0.15) is 5.37 Å². The summed E-state index contributed by atoms with van der Waals surface area (Å²) in [6, 6.07) is 0. The normalized spacial score (nSPS) is 15.7. The zero-order chi connectivity index (χ0) is 8.36. The average Bonchev–Trinajstić information content (AvgIpc) is 1.86. The molecule has 10 heavy (non-hydrogen) atoms. The van der Waals surface area contributed by atoms with Gasteiger partial charge in [0, 0.05) is 0 Å². The Morgan fingerprint density at radius 3 is 2.00 bits per heavy atom. The van der Waals surface area contributed by atoms with Crippen molar-refractivity contribution in [3.05, 3.63) is 6.92 Å². The third kappa shape index (κ3) is 2.24. The quantitative estimate of drug-likeness (QED) is 0.599. The SMILES string of the molecule is [CH2]C(N(C)C)S(=O)(=O)NC. The summed E-state index contributed by atoms with van der Waals surface area (Å²) in [6.45, 7) is 3.46. The number of hydrogen-bond donors (Lipinski definition) is 1. The van der Waals surface area contributed by atoms with Crippen molar-refractivity contribution in [2.75, 3.05) is 21.1 Å². The molecule has 0 aromatic carbocycles. The molecule has 0 bridgehead atoms. The zero-order valence-electron chi connectivity index (χ0n) is 6.46. The van der Waals surface area contributed by atoms with Crippen LogP contribution in [0.2, 0.25) is 0 Å². The van der Waals surface area contributed by atoms with Crippen LogP contribution in [0, 0.1) is 6.92 Å². The maximum Gasteiger partial charge on any atom is 0.227 e. The topological polar surface area (TPSA) is 49.4 Å². The minimum Gasteiger partial charge on any atom is -0.292 e. The molecule has 0 saturated carbocycles. The van der Waals surface area contributed by atoms with E-state index in [0.717, 1.165) is 0 Å². The van der Waals surface area contributed by atoms with E-state index in [2.05, 4.69) is 11.6 Å². The molecule has 1 N–H and O–H groups in total. The van der Waals surface area contributed by atoms with Crippen molar-refractivity contribution in [1.82, 2.24) is 9.62 Å². The molecule has 0 heterocycles. The highest BCUT2D eigenvalue weighted by Gasteiger charge is 2.19. The Hall–Kier alpha value is -0.130. The predicted octanol–water partition coefficient (Wildman–Crippen LogP) is -0.743. The first-order valence-corrected chi connectivity index (χ1v) is 4.38. The third-order valence-corrected chi connectivity index (χ3v) is 2.93. The van der Waals surface area contributed by atoms with Gasteiger partial charge in [-0.15, -0.1) is 0 Å². The number of rotatable bonds is 3. The lowest BCUT2D eigenvalue weighted by Crippen LogP contribution is -2.39. The number of sulfonamides is 1. The van der Waals surface area contributed by atoms with Crippen molar-refractivity contribution in [3.8, 4) is 0 Å². The highest BCUT2D eigenvalue weighted by molar-refractivity contribution is 7.90. The Kier molecular flexibility index (Phi) is 3.27. The van der Waals surface area contributed by atoms with Crippen molar-refractivity contribution in [3.63, 3.8) is 0 Å². The Balaban J connectivity index is 4.35. The molecule has 1 radical (unpaired) electrons. The Morgan fingerprint density at radius 1 is 1.50 bits per heavy atom. The summed E-state index contributed by atoms with van der Waals surface area (Å²) in [5.74, 6) is 0. The zero-order valence-corrected chi connectivity index (χ0v) is 7.27. The number of nitrogens with one attached hydrogen (secondary N) is 1. The number of hydrogen-bond acceptors (Lipinski definition) is 3. The maximum absolute atomic E-state index is 10.9. The first kappa shape index (κ1) is 9.87. The van der Waals surface area contributed by atoms with Gasteiger partial charge in [-0.3, -0.25) is 4.90 Å². The summed E-state index contributed by atoms with van der Waals surface area (Å²) in [5.41, 5.74) is 0. The predicted molar refractivity (Wildman–Crippen MR) is 40.8 cm³/mol. The first-order valence-electron chi connectivity index (χ1n) is 2.83. The molecule has 0 aliphatic rings. The standard InChI is InChI=1S/C5H13N2O2S/c1-5(7(3)4)10(8,9)6-2/h5-6H,1H2,2-4H3. The number of nitrogens with zero attached hydrogens (tertiary/aromatic N) is 1. The van der Waals surface area contributed by atoms with E-state index in [1.807, 2.05) is 0 Å². The minimum absolute atomic E-state index is 0.725. The van der Waals surface area contributed by atoms with Crippen LogP contribution in [0.3, 0.4) is 0 Å². The molecule has 0 spiro atoms. The molecule has 5 heteroatoms. The minimum atomic E-state index is -3.23. The van der Waals surface area contributed by atoms with Gasteiger partial charge in [-0.1, -0.05) is 0 Å². The third-order valence-electron chi connectivity index (χ3n) is 1.22. The van der Waals surface area contributed by atoms with E-state index in [-0.39, 0.29) is 0 Å². The van der Waals surface area contributed by atoms with E-state index in [9.17, 15) is 8.42 Å². The van der Waals surface area contributed by atoms with Crippen LogP contribution in [0.15, 0.2) is 0 Å². The Labute approximate surface area is 62.3 Å². The molecule has 0 aromatic heterocycles. The van der Waals surface area contributed by atoms with Crippen molar-refractivity contribution in [2.24, 2.45) is 0 Å². The lowest BCUT2D eigenvalue weighted by Gasteiger charge is -2.18. The lowest BCUT2D eigenvalue weighted by atomic mass is 10.7. The molecular formula is C5H13N2O2S. The molecule has 61 valence electrons. The molecule has 1 unspecified atom stereocenters. The fourth-order valence-corrected chi connectivity index (χ4v) is 1.24. The average molecular weight is 165 g/mol. The van der Waals surface area contributed by atoms with Gasteiger partial charge < -0.3 is 0 Å². The van der Waals surface area contributed by atoms with Crippen molar-refractivity contribution in [1.29, 1.82) is 0 Å². The van der Waals surface area contributed by atoms with Gasteiger partial charge in [-0.2, -0.15) is 0 Å². The van der Waals surface area contributed by atoms with Gasteiger partial charge in [0.25, 0.3) is 0 Å². The molecule has 0 fully saturated rings. The van der Waals surface area contributed by atoms with Gasteiger partial charge in [0.2, 0.25) is 10.0 Å². The monoisotopic (exact) mass is 165 g/mol. The van der Waals surface area contributed by atoms with Crippen LogP contribution in [0.25, 0.3) is 0 Å². The van der Waals surface area contributed by atoms with E-state index >= 15 is 0 Å².